The maximum atomic E-state index is 13.1. The minimum atomic E-state index is -0.216. The van der Waals surface area contributed by atoms with Gasteiger partial charge in [0.2, 0.25) is 12.7 Å². The molecule has 8 nitrogen and oxygen atoms in total. The molecule has 1 amide bonds. The Morgan fingerprint density at radius 2 is 1.89 bits per heavy atom. The van der Waals surface area contributed by atoms with Crippen molar-refractivity contribution >= 4 is 16.8 Å². The molecule has 2 aromatic carbocycles. The van der Waals surface area contributed by atoms with Crippen molar-refractivity contribution in [3.8, 4) is 11.5 Å². The van der Waals surface area contributed by atoms with Crippen LogP contribution in [0, 0.1) is 0 Å². The average molecular weight is 476 g/mol. The number of carbonyl (C=O) groups excluding carboxylic acids is 1. The third kappa shape index (κ3) is 4.27. The number of nitrogens with one attached hydrogen (secondary N) is 1. The Morgan fingerprint density at radius 3 is 2.71 bits per heavy atom. The molecule has 0 bridgehead atoms. The number of benzene rings is 2. The van der Waals surface area contributed by atoms with Crippen LogP contribution in [-0.4, -0.2) is 42.0 Å². The fraction of sp³-hybridized carbons (Fsp3) is 0.444. The van der Waals surface area contributed by atoms with Crippen LogP contribution in [-0.2, 0) is 21.4 Å². The SMILES string of the molecule is O=C(CCc1nc2ccccc2c(=O)n1C1CC1)NCC1(c2ccc3c(c2)OCO3)CCOCC1. The van der Waals surface area contributed by atoms with Crippen molar-refractivity contribution in [2.75, 3.05) is 26.6 Å². The molecular weight excluding hydrogens is 446 g/mol. The minimum absolute atomic E-state index is 0.00234. The molecule has 2 aliphatic heterocycles. The molecule has 1 N–H and O–H groups in total. The number of carbonyl (C=O) groups is 1. The van der Waals surface area contributed by atoms with Gasteiger partial charge in [-0.15, -0.1) is 0 Å². The smallest absolute Gasteiger partial charge is 0.261 e. The topological polar surface area (TPSA) is 91.7 Å². The summed E-state index contributed by atoms with van der Waals surface area (Å²) in [5.41, 5.74) is 1.60. The number of hydrogen-bond donors (Lipinski definition) is 1. The molecule has 0 atom stereocenters. The molecule has 0 unspecified atom stereocenters. The first kappa shape index (κ1) is 22.1. The number of fused-ring (bicyclic) bond motifs is 2. The standard InChI is InChI=1S/C27H29N3O5/c31-25(10-9-24-29-21-4-2-1-3-20(21)26(32)30(24)19-6-7-19)28-16-27(11-13-33-14-12-27)18-5-8-22-23(15-18)35-17-34-22/h1-5,8,15,19H,6-7,9-14,16-17H2,(H,28,31). The van der Waals surface area contributed by atoms with Gasteiger partial charge >= 0.3 is 0 Å². The van der Waals surface area contributed by atoms with E-state index in [2.05, 4.69) is 11.4 Å². The summed E-state index contributed by atoms with van der Waals surface area (Å²) in [7, 11) is 0. The number of nitrogens with zero attached hydrogens (tertiary/aromatic N) is 2. The lowest BCUT2D eigenvalue weighted by atomic mass is 9.74. The Labute approximate surface area is 203 Å². The fourth-order valence-corrected chi connectivity index (χ4v) is 5.22. The minimum Gasteiger partial charge on any atom is -0.454 e. The lowest BCUT2D eigenvalue weighted by molar-refractivity contribution is -0.121. The van der Waals surface area contributed by atoms with Gasteiger partial charge in [-0.1, -0.05) is 18.2 Å². The van der Waals surface area contributed by atoms with E-state index >= 15 is 0 Å². The first-order valence-corrected chi connectivity index (χ1v) is 12.4. The largest absolute Gasteiger partial charge is 0.454 e. The van der Waals surface area contributed by atoms with Gasteiger partial charge in [-0.25, -0.2) is 4.98 Å². The highest BCUT2D eigenvalue weighted by Gasteiger charge is 2.36. The average Bonchev–Trinajstić information content (AvgIpc) is 3.62. The van der Waals surface area contributed by atoms with Gasteiger partial charge in [0.1, 0.15) is 5.82 Å². The van der Waals surface area contributed by atoms with E-state index in [-0.39, 0.29) is 36.1 Å². The Bertz CT molecular complexity index is 1320. The van der Waals surface area contributed by atoms with E-state index in [0.29, 0.717) is 42.9 Å². The quantitative estimate of drug-likeness (QED) is 0.564. The summed E-state index contributed by atoms with van der Waals surface area (Å²) in [6.07, 6.45) is 4.33. The fourth-order valence-electron chi connectivity index (χ4n) is 5.22. The monoisotopic (exact) mass is 475 g/mol. The highest BCUT2D eigenvalue weighted by molar-refractivity contribution is 5.78. The van der Waals surface area contributed by atoms with Crippen LogP contribution in [0.2, 0.25) is 0 Å². The molecule has 1 saturated heterocycles. The van der Waals surface area contributed by atoms with E-state index in [0.717, 1.165) is 42.7 Å². The van der Waals surface area contributed by atoms with Crippen LogP contribution in [0.25, 0.3) is 10.9 Å². The van der Waals surface area contributed by atoms with Crippen molar-refractivity contribution in [3.05, 3.63) is 64.2 Å². The van der Waals surface area contributed by atoms with E-state index in [1.807, 2.05) is 41.0 Å². The third-order valence-corrected chi connectivity index (χ3v) is 7.43. The zero-order chi connectivity index (χ0) is 23.8. The summed E-state index contributed by atoms with van der Waals surface area (Å²) in [4.78, 5) is 30.8. The molecule has 0 radical (unpaired) electrons. The van der Waals surface area contributed by atoms with E-state index < -0.39 is 0 Å². The van der Waals surface area contributed by atoms with Crippen LogP contribution in [0.15, 0.2) is 47.3 Å². The van der Waals surface area contributed by atoms with Crippen LogP contribution in [0.1, 0.15) is 49.5 Å². The third-order valence-electron chi connectivity index (χ3n) is 7.43. The second-order valence-corrected chi connectivity index (χ2v) is 9.69. The van der Waals surface area contributed by atoms with Crippen molar-refractivity contribution < 1.29 is 19.0 Å². The number of rotatable bonds is 7. The number of hydrogen-bond acceptors (Lipinski definition) is 6. The van der Waals surface area contributed by atoms with Crippen molar-refractivity contribution in [1.82, 2.24) is 14.9 Å². The van der Waals surface area contributed by atoms with Crippen molar-refractivity contribution in [2.24, 2.45) is 0 Å². The molecule has 1 saturated carbocycles. The molecule has 6 rings (SSSR count). The first-order chi connectivity index (χ1) is 17.1. The normalized spacial score (nSPS) is 18.5. The van der Waals surface area contributed by atoms with Gasteiger partial charge in [-0.05, 0) is 55.5 Å². The molecule has 2 fully saturated rings. The van der Waals surface area contributed by atoms with Crippen LogP contribution >= 0.6 is 0 Å². The maximum absolute atomic E-state index is 13.1. The predicted octanol–water partition coefficient (Wildman–Crippen LogP) is 3.26. The Balaban J connectivity index is 1.17. The summed E-state index contributed by atoms with van der Waals surface area (Å²) in [5, 5.41) is 3.80. The molecule has 35 heavy (non-hydrogen) atoms. The summed E-state index contributed by atoms with van der Waals surface area (Å²) < 4.78 is 18.5. The lowest BCUT2D eigenvalue weighted by Gasteiger charge is -2.38. The number of aromatic nitrogens is 2. The van der Waals surface area contributed by atoms with Gasteiger partial charge < -0.3 is 19.5 Å². The highest BCUT2D eigenvalue weighted by atomic mass is 16.7. The number of ether oxygens (including phenoxy) is 3. The zero-order valence-electron chi connectivity index (χ0n) is 19.6. The van der Waals surface area contributed by atoms with Crippen molar-refractivity contribution in [3.63, 3.8) is 0 Å². The summed E-state index contributed by atoms with van der Waals surface area (Å²) in [6, 6.07) is 13.7. The Morgan fingerprint density at radius 1 is 1.09 bits per heavy atom. The Hall–Kier alpha value is -3.39. The summed E-state index contributed by atoms with van der Waals surface area (Å²) >= 11 is 0. The second-order valence-electron chi connectivity index (χ2n) is 9.69. The van der Waals surface area contributed by atoms with Crippen LogP contribution < -0.4 is 20.3 Å². The maximum Gasteiger partial charge on any atom is 0.261 e. The lowest BCUT2D eigenvalue weighted by Crippen LogP contribution is -2.44. The van der Waals surface area contributed by atoms with Crippen LogP contribution in [0.3, 0.4) is 0 Å². The second kappa shape index (κ2) is 9.00. The van der Waals surface area contributed by atoms with Crippen LogP contribution in [0.4, 0.5) is 0 Å². The van der Waals surface area contributed by atoms with Gasteiger partial charge in [0.25, 0.3) is 5.56 Å². The van der Waals surface area contributed by atoms with Gasteiger partial charge in [-0.3, -0.25) is 14.2 Å². The van der Waals surface area contributed by atoms with Crippen molar-refractivity contribution in [1.29, 1.82) is 0 Å². The molecule has 3 heterocycles. The molecule has 3 aromatic rings. The Kier molecular flexibility index (Phi) is 5.68. The molecule has 8 heteroatoms. The summed E-state index contributed by atoms with van der Waals surface area (Å²) in [6.45, 7) is 2.06. The summed E-state index contributed by atoms with van der Waals surface area (Å²) in [5.74, 6) is 2.16. The molecular formula is C27H29N3O5. The molecule has 0 spiro atoms. The van der Waals surface area contributed by atoms with Crippen LogP contribution in [0.5, 0.6) is 11.5 Å². The van der Waals surface area contributed by atoms with Gasteiger partial charge in [-0.2, -0.15) is 0 Å². The first-order valence-electron chi connectivity index (χ1n) is 12.4. The molecule has 1 aromatic heterocycles. The van der Waals surface area contributed by atoms with Crippen molar-refractivity contribution in [2.45, 2.75) is 50.0 Å². The van der Waals surface area contributed by atoms with E-state index in [4.69, 9.17) is 19.2 Å². The number of para-hydroxylation sites is 1. The van der Waals surface area contributed by atoms with E-state index in [1.165, 1.54) is 0 Å². The van der Waals surface area contributed by atoms with Gasteiger partial charge in [0, 0.05) is 44.1 Å². The zero-order valence-corrected chi connectivity index (χ0v) is 19.6. The predicted molar refractivity (Wildman–Crippen MR) is 130 cm³/mol. The number of amides is 1. The molecule has 1 aliphatic carbocycles. The molecule has 3 aliphatic rings. The van der Waals surface area contributed by atoms with E-state index in [1.54, 1.807) is 0 Å². The number of aryl methyl sites for hydroxylation is 1. The van der Waals surface area contributed by atoms with E-state index in [9.17, 15) is 9.59 Å². The highest BCUT2D eigenvalue weighted by Crippen LogP contribution is 2.40. The van der Waals surface area contributed by atoms with Gasteiger partial charge in [0.15, 0.2) is 11.5 Å². The van der Waals surface area contributed by atoms with Gasteiger partial charge in [0.05, 0.1) is 10.9 Å². The molecule has 182 valence electrons.